The van der Waals surface area contributed by atoms with Crippen LogP contribution in [0.1, 0.15) is 40.4 Å². The predicted octanol–water partition coefficient (Wildman–Crippen LogP) is 0.685. The molecule has 2 rings (SSSR count). The van der Waals surface area contributed by atoms with E-state index < -0.39 is 12.0 Å². The number of aryl methyl sites for hydroxylation is 1. The molecule has 7 heteroatoms. The molecule has 1 fully saturated rings. The van der Waals surface area contributed by atoms with Gasteiger partial charge in [-0.1, -0.05) is 13.8 Å². The van der Waals surface area contributed by atoms with Gasteiger partial charge in [-0.05, 0) is 25.0 Å². The van der Waals surface area contributed by atoms with Crippen LogP contribution in [0.15, 0.2) is 12.1 Å². The number of piperazine rings is 1. The Morgan fingerprint density at radius 1 is 1.41 bits per heavy atom. The summed E-state index contributed by atoms with van der Waals surface area (Å²) in [5.74, 6) is -1.63. The summed E-state index contributed by atoms with van der Waals surface area (Å²) in [7, 11) is 0. The van der Waals surface area contributed by atoms with E-state index in [-0.39, 0.29) is 34.7 Å². The summed E-state index contributed by atoms with van der Waals surface area (Å²) in [5.41, 5.74) is 0.497. The number of hydrogen-bond donors (Lipinski definition) is 2. The number of carboxylic acids is 1. The summed E-state index contributed by atoms with van der Waals surface area (Å²) >= 11 is 0. The van der Waals surface area contributed by atoms with Crippen molar-refractivity contribution in [3.8, 4) is 0 Å². The molecule has 118 valence electrons. The first kappa shape index (κ1) is 15.9. The lowest BCUT2D eigenvalue weighted by molar-refractivity contribution is -0.129. The lowest BCUT2D eigenvalue weighted by atomic mass is 9.99. The number of amides is 2. The average molecular weight is 305 g/mol. The monoisotopic (exact) mass is 305 g/mol. The Morgan fingerprint density at radius 2 is 2.09 bits per heavy atom. The van der Waals surface area contributed by atoms with Crippen LogP contribution in [0, 0.1) is 12.8 Å². The van der Waals surface area contributed by atoms with E-state index in [1.807, 2.05) is 13.8 Å². The van der Waals surface area contributed by atoms with Gasteiger partial charge in [0, 0.05) is 13.1 Å². The van der Waals surface area contributed by atoms with Gasteiger partial charge in [0.15, 0.2) is 0 Å². The second-order valence-electron chi connectivity index (χ2n) is 5.61. The molecule has 1 aliphatic rings. The normalized spacial score (nSPS) is 18.3. The van der Waals surface area contributed by atoms with Crippen LogP contribution < -0.4 is 5.32 Å². The average Bonchev–Trinajstić information content (AvgIpc) is 2.45. The summed E-state index contributed by atoms with van der Waals surface area (Å²) in [6, 6.07) is 2.22. The zero-order valence-corrected chi connectivity index (χ0v) is 12.8. The fourth-order valence-corrected chi connectivity index (χ4v) is 2.63. The van der Waals surface area contributed by atoms with Gasteiger partial charge in [0.25, 0.3) is 5.91 Å². The number of carbonyl (C=O) groups excluding carboxylic acids is 2. The first-order chi connectivity index (χ1) is 10.3. The van der Waals surface area contributed by atoms with Crippen molar-refractivity contribution in [1.82, 2.24) is 15.2 Å². The van der Waals surface area contributed by atoms with Gasteiger partial charge in [0.1, 0.15) is 11.7 Å². The number of nitrogens with zero attached hydrogens (tertiary/aromatic N) is 2. The topological polar surface area (TPSA) is 99.6 Å². The second kappa shape index (κ2) is 6.13. The second-order valence-corrected chi connectivity index (χ2v) is 5.61. The quantitative estimate of drug-likeness (QED) is 0.855. The number of carbonyl (C=O) groups is 3. The molecule has 0 aromatic carbocycles. The highest BCUT2D eigenvalue weighted by atomic mass is 16.4. The third-order valence-electron chi connectivity index (χ3n) is 3.68. The van der Waals surface area contributed by atoms with Crippen LogP contribution >= 0.6 is 0 Å². The largest absolute Gasteiger partial charge is 0.478 e. The van der Waals surface area contributed by atoms with Gasteiger partial charge in [0.05, 0.1) is 11.3 Å². The molecular weight excluding hydrogens is 286 g/mol. The summed E-state index contributed by atoms with van der Waals surface area (Å²) in [5, 5.41) is 11.8. The van der Waals surface area contributed by atoms with Gasteiger partial charge in [0.2, 0.25) is 5.91 Å². The van der Waals surface area contributed by atoms with E-state index in [0.717, 1.165) is 0 Å². The Morgan fingerprint density at radius 3 is 2.64 bits per heavy atom. The first-order valence-corrected chi connectivity index (χ1v) is 7.12. The van der Waals surface area contributed by atoms with Gasteiger partial charge in [-0.15, -0.1) is 0 Å². The van der Waals surface area contributed by atoms with Crippen LogP contribution in [0.25, 0.3) is 0 Å². The Hall–Kier alpha value is -2.44. The summed E-state index contributed by atoms with van der Waals surface area (Å²) < 4.78 is 0. The summed E-state index contributed by atoms with van der Waals surface area (Å²) in [4.78, 5) is 41.2. The van der Waals surface area contributed by atoms with E-state index in [4.69, 9.17) is 5.11 Å². The molecule has 1 atom stereocenters. The van der Waals surface area contributed by atoms with E-state index in [1.54, 1.807) is 6.92 Å². The molecule has 0 bridgehead atoms. The molecule has 0 radical (unpaired) electrons. The molecule has 0 aliphatic carbocycles. The Bertz CT molecular complexity index is 627. The Balaban J connectivity index is 2.32. The maximum atomic E-state index is 12.6. The fraction of sp³-hybridized carbons (Fsp3) is 0.467. The van der Waals surface area contributed by atoms with Crippen LogP contribution in [-0.4, -0.2) is 51.9 Å². The zero-order valence-electron chi connectivity index (χ0n) is 12.8. The molecule has 7 nitrogen and oxygen atoms in total. The minimum absolute atomic E-state index is 0.0244. The molecule has 1 saturated heterocycles. The van der Waals surface area contributed by atoms with Gasteiger partial charge >= 0.3 is 5.97 Å². The van der Waals surface area contributed by atoms with Crippen LogP contribution in [0.5, 0.6) is 0 Å². The molecule has 2 N–H and O–H groups in total. The number of aromatic nitrogens is 1. The number of aromatic carboxylic acids is 1. The maximum absolute atomic E-state index is 12.6. The molecule has 0 spiro atoms. The van der Waals surface area contributed by atoms with Crippen LogP contribution in [-0.2, 0) is 4.79 Å². The third-order valence-corrected chi connectivity index (χ3v) is 3.68. The SMILES string of the molecule is Cc1nc(C(=O)N2CCNC(=O)C2C(C)C)ccc1C(=O)O. The highest BCUT2D eigenvalue weighted by Gasteiger charge is 2.36. The minimum Gasteiger partial charge on any atom is -0.478 e. The molecule has 0 saturated carbocycles. The van der Waals surface area contributed by atoms with Crippen molar-refractivity contribution < 1.29 is 19.5 Å². The van der Waals surface area contributed by atoms with Crippen molar-refractivity contribution in [2.75, 3.05) is 13.1 Å². The van der Waals surface area contributed by atoms with Crippen molar-refractivity contribution in [2.45, 2.75) is 26.8 Å². The van der Waals surface area contributed by atoms with Gasteiger partial charge in [-0.2, -0.15) is 0 Å². The van der Waals surface area contributed by atoms with Gasteiger partial charge in [-0.25, -0.2) is 9.78 Å². The third kappa shape index (κ3) is 2.93. The number of rotatable bonds is 3. The molecular formula is C15H19N3O4. The van der Waals surface area contributed by atoms with Crippen molar-refractivity contribution in [3.05, 3.63) is 29.1 Å². The minimum atomic E-state index is -1.08. The lowest BCUT2D eigenvalue weighted by Gasteiger charge is -2.37. The summed E-state index contributed by atoms with van der Waals surface area (Å²) in [6.45, 7) is 6.11. The molecule has 2 amide bonds. The standard InChI is InChI=1S/C15H19N3O4/c1-8(2)12-13(19)16-6-7-18(12)14(20)11-5-4-10(15(21)22)9(3)17-11/h4-5,8,12H,6-7H2,1-3H3,(H,16,19)(H,21,22). The van der Waals surface area contributed by atoms with Crippen LogP contribution in [0.2, 0.25) is 0 Å². The molecule has 1 aliphatic heterocycles. The summed E-state index contributed by atoms with van der Waals surface area (Å²) in [6.07, 6.45) is 0. The lowest BCUT2D eigenvalue weighted by Crippen LogP contribution is -2.59. The number of nitrogens with one attached hydrogen (secondary N) is 1. The van der Waals surface area contributed by atoms with E-state index in [1.165, 1.54) is 17.0 Å². The maximum Gasteiger partial charge on any atom is 0.337 e. The molecule has 1 aromatic rings. The van der Waals surface area contributed by atoms with Crippen LogP contribution in [0.4, 0.5) is 0 Å². The molecule has 1 aromatic heterocycles. The highest BCUT2D eigenvalue weighted by molar-refractivity contribution is 5.98. The molecule has 1 unspecified atom stereocenters. The van der Waals surface area contributed by atoms with Crippen LogP contribution in [0.3, 0.4) is 0 Å². The van der Waals surface area contributed by atoms with Crippen molar-refractivity contribution in [2.24, 2.45) is 5.92 Å². The zero-order chi connectivity index (χ0) is 16.4. The first-order valence-electron chi connectivity index (χ1n) is 7.12. The predicted molar refractivity (Wildman–Crippen MR) is 78.6 cm³/mol. The Labute approximate surface area is 128 Å². The number of hydrogen-bond acceptors (Lipinski definition) is 4. The highest BCUT2D eigenvalue weighted by Crippen LogP contribution is 2.17. The molecule has 22 heavy (non-hydrogen) atoms. The van der Waals surface area contributed by atoms with E-state index in [2.05, 4.69) is 10.3 Å². The van der Waals surface area contributed by atoms with Crippen molar-refractivity contribution in [1.29, 1.82) is 0 Å². The Kier molecular flexibility index (Phi) is 4.44. The number of carboxylic acid groups (broad SMARTS) is 1. The fourth-order valence-electron chi connectivity index (χ4n) is 2.63. The van der Waals surface area contributed by atoms with E-state index in [0.29, 0.717) is 13.1 Å². The van der Waals surface area contributed by atoms with Gasteiger partial charge in [-0.3, -0.25) is 9.59 Å². The van der Waals surface area contributed by atoms with E-state index >= 15 is 0 Å². The smallest absolute Gasteiger partial charge is 0.337 e. The van der Waals surface area contributed by atoms with Gasteiger partial charge < -0.3 is 15.3 Å². The number of pyridine rings is 1. The molecule has 2 heterocycles. The van der Waals surface area contributed by atoms with Crippen molar-refractivity contribution >= 4 is 17.8 Å². The van der Waals surface area contributed by atoms with Crippen molar-refractivity contribution in [3.63, 3.8) is 0 Å². The van der Waals surface area contributed by atoms with E-state index in [9.17, 15) is 14.4 Å².